The van der Waals surface area contributed by atoms with Crippen LogP contribution in [0.4, 0.5) is 11.4 Å². The lowest BCUT2D eigenvalue weighted by Gasteiger charge is -2.17. The maximum Gasteiger partial charge on any atom is 0.277 e. The van der Waals surface area contributed by atoms with Crippen LogP contribution in [0, 0.1) is 20.2 Å². The van der Waals surface area contributed by atoms with E-state index >= 15 is 0 Å². The molecule has 0 aliphatic rings. The highest BCUT2D eigenvalue weighted by molar-refractivity contribution is 7.98. The molecule has 0 aromatic heterocycles. The molecule has 2 aromatic rings. The topological polar surface area (TPSA) is 157 Å². The van der Waals surface area contributed by atoms with E-state index < -0.39 is 39.1 Å². The Balaban J connectivity index is 2.19. The molecule has 0 radical (unpaired) electrons. The van der Waals surface area contributed by atoms with E-state index in [-0.39, 0.29) is 11.3 Å². The van der Waals surface area contributed by atoms with Gasteiger partial charge in [0.2, 0.25) is 0 Å². The van der Waals surface area contributed by atoms with Crippen LogP contribution < -0.4 is 10.7 Å². The smallest absolute Gasteiger partial charge is 0.277 e. The zero-order chi connectivity index (χ0) is 25.8. The first-order valence-corrected chi connectivity index (χ1v) is 12.1. The normalized spacial score (nSPS) is 12.0. The molecule has 0 fully saturated rings. The standard InChI is InChI=1S/C23H27N5O6S/c1-3-4-8-16(2)25-26-23(30)21(15-35-14-17-9-6-5-7-10-17)24-22(29)18-11-19(27(31)32)13-20(12-18)28(33)34/h5-7,9-13,21H,3-4,8,14-15H2,1-2H3,(H,24,29)(H,26,30). The van der Waals surface area contributed by atoms with Crippen LogP contribution in [-0.2, 0) is 10.5 Å². The lowest BCUT2D eigenvalue weighted by Crippen LogP contribution is -2.47. The molecule has 0 heterocycles. The predicted molar refractivity (Wildman–Crippen MR) is 134 cm³/mol. The van der Waals surface area contributed by atoms with Crippen LogP contribution in [0.3, 0.4) is 0 Å². The van der Waals surface area contributed by atoms with Gasteiger partial charge in [0.15, 0.2) is 0 Å². The van der Waals surface area contributed by atoms with Crippen molar-refractivity contribution in [2.75, 3.05) is 5.75 Å². The van der Waals surface area contributed by atoms with E-state index in [2.05, 4.69) is 15.8 Å². The molecule has 11 nitrogen and oxygen atoms in total. The monoisotopic (exact) mass is 501 g/mol. The zero-order valence-electron chi connectivity index (χ0n) is 19.4. The zero-order valence-corrected chi connectivity index (χ0v) is 20.2. The fourth-order valence-electron chi connectivity index (χ4n) is 2.95. The number of nitro benzene ring substituents is 2. The number of rotatable bonds is 13. The number of nitrogens with one attached hydrogen (secondary N) is 2. The number of nitro groups is 2. The van der Waals surface area contributed by atoms with Crippen LogP contribution in [0.5, 0.6) is 0 Å². The Labute approximate surface area is 206 Å². The molecule has 0 saturated carbocycles. The number of nitrogens with zero attached hydrogens (tertiary/aromatic N) is 3. The van der Waals surface area contributed by atoms with Gasteiger partial charge in [-0.3, -0.25) is 29.8 Å². The molecule has 1 unspecified atom stereocenters. The lowest BCUT2D eigenvalue weighted by atomic mass is 10.1. The number of hydrogen-bond donors (Lipinski definition) is 2. The fourth-order valence-corrected chi connectivity index (χ4v) is 3.96. The van der Waals surface area contributed by atoms with Gasteiger partial charge in [0.25, 0.3) is 23.2 Å². The van der Waals surface area contributed by atoms with Crippen molar-refractivity contribution in [3.63, 3.8) is 0 Å². The number of hydrazone groups is 1. The first kappa shape index (κ1) is 27.4. The largest absolute Gasteiger partial charge is 0.339 e. The summed E-state index contributed by atoms with van der Waals surface area (Å²) in [6, 6.07) is 11.1. The highest BCUT2D eigenvalue weighted by Gasteiger charge is 2.25. The van der Waals surface area contributed by atoms with Crippen LogP contribution >= 0.6 is 11.8 Å². The van der Waals surface area contributed by atoms with Crippen LogP contribution in [0.1, 0.15) is 49.0 Å². The maximum absolute atomic E-state index is 12.8. The van der Waals surface area contributed by atoms with Crippen LogP contribution in [0.2, 0.25) is 0 Å². The van der Waals surface area contributed by atoms with Crippen molar-refractivity contribution < 1.29 is 19.4 Å². The third kappa shape index (κ3) is 9.16. The number of thioether (sulfide) groups is 1. The van der Waals surface area contributed by atoms with E-state index in [9.17, 15) is 29.8 Å². The second kappa shape index (κ2) is 13.8. The molecule has 2 rings (SSSR count). The third-order valence-corrected chi connectivity index (χ3v) is 5.96. The Kier molecular flexibility index (Phi) is 10.8. The molecular formula is C23H27N5O6S. The number of carbonyl (C=O) groups excluding carboxylic acids is 2. The second-order valence-electron chi connectivity index (χ2n) is 7.71. The van der Waals surface area contributed by atoms with E-state index in [1.54, 1.807) is 6.92 Å². The van der Waals surface area contributed by atoms with E-state index in [0.29, 0.717) is 12.2 Å². The van der Waals surface area contributed by atoms with Crippen molar-refractivity contribution in [2.24, 2.45) is 5.10 Å². The molecule has 2 N–H and O–H groups in total. The summed E-state index contributed by atoms with van der Waals surface area (Å²) < 4.78 is 0. The van der Waals surface area contributed by atoms with Crippen LogP contribution in [0.15, 0.2) is 53.6 Å². The molecular weight excluding hydrogens is 474 g/mol. The van der Waals surface area contributed by atoms with Gasteiger partial charge in [0, 0.05) is 29.4 Å². The highest BCUT2D eigenvalue weighted by Crippen LogP contribution is 2.23. The number of hydrogen-bond acceptors (Lipinski definition) is 8. The predicted octanol–water partition coefficient (Wildman–Crippen LogP) is 4.22. The Morgan fingerprint density at radius 3 is 2.26 bits per heavy atom. The van der Waals surface area contributed by atoms with Crippen molar-refractivity contribution >= 4 is 40.7 Å². The van der Waals surface area contributed by atoms with Gasteiger partial charge < -0.3 is 5.32 Å². The number of carbonyl (C=O) groups is 2. The fraction of sp³-hybridized carbons (Fsp3) is 0.348. The van der Waals surface area contributed by atoms with Gasteiger partial charge >= 0.3 is 0 Å². The summed E-state index contributed by atoms with van der Waals surface area (Å²) in [6.45, 7) is 3.83. The molecule has 2 aromatic carbocycles. The van der Waals surface area contributed by atoms with Crippen molar-refractivity contribution in [1.82, 2.24) is 10.7 Å². The Bertz CT molecular complexity index is 1060. The van der Waals surface area contributed by atoms with Gasteiger partial charge in [-0.25, -0.2) is 5.43 Å². The van der Waals surface area contributed by atoms with E-state index in [0.717, 1.165) is 42.3 Å². The van der Waals surface area contributed by atoms with Crippen molar-refractivity contribution in [3.05, 3.63) is 79.9 Å². The molecule has 2 amide bonds. The lowest BCUT2D eigenvalue weighted by molar-refractivity contribution is -0.394. The summed E-state index contributed by atoms with van der Waals surface area (Å²) in [5, 5.41) is 28.9. The SMILES string of the molecule is CCCCC(C)=NNC(=O)C(CSCc1ccccc1)NC(=O)c1cc([N+](=O)[O-])cc([N+](=O)[O-])c1. The molecule has 0 bridgehead atoms. The Hall–Kier alpha value is -3.80. The minimum atomic E-state index is -1.03. The van der Waals surface area contributed by atoms with E-state index in [4.69, 9.17) is 0 Å². The van der Waals surface area contributed by atoms with E-state index in [1.807, 2.05) is 37.3 Å². The summed E-state index contributed by atoms with van der Waals surface area (Å²) in [7, 11) is 0. The number of amides is 2. The molecule has 12 heteroatoms. The van der Waals surface area contributed by atoms with E-state index in [1.165, 1.54) is 11.8 Å². The van der Waals surface area contributed by atoms with Crippen molar-refractivity contribution in [2.45, 2.75) is 44.9 Å². The first-order chi connectivity index (χ1) is 16.7. The van der Waals surface area contributed by atoms with Gasteiger partial charge in [-0.1, -0.05) is 43.7 Å². The van der Waals surface area contributed by atoms with Crippen molar-refractivity contribution in [1.29, 1.82) is 0 Å². The number of unbranched alkanes of at least 4 members (excludes halogenated alkanes) is 1. The van der Waals surface area contributed by atoms with Crippen LogP contribution in [0.25, 0.3) is 0 Å². The van der Waals surface area contributed by atoms with Crippen molar-refractivity contribution in [3.8, 4) is 0 Å². The van der Waals surface area contributed by atoms with Crippen LogP contribution in [-0.4, -0.2) is 39.2 Å². The Morgan fingerprint density at radius 2 is 1.69 bits per heavy atom. The number of benzene rings is 2. The summed E-state index contributed by atoms with van der Waals surface area (Å²) in [5.74, 6) is -0.632. The average molecular weight is 502 g/mol. The molecule has 0 aliphatic carbocycles. The second-order valence-corrected chi connectivity index (χ2v) is 8.74. The van der Waals surface area contributed by atoms with Gasteiger partial charge in [0.05, 0.1) is 21.5 Å². The summed E-state index contributed by atoms with van der Waals surface area (Å²) >= 11 is 1.40. The molecule has 186 valence electrons. The van der Waals surface area contributed by atoms with Gasteiger partial charge in [0.1, 0.15) is 6.04 Å². The van der Waals surface area contributed by atoms with Gasteiger partial charge in [-0.05, 0) is 25.3 Å². The summed E-state index contributed by atoms with van der Waals surface area (Å²) in [4.78, 5) is 46.3. The quantitative estimate of drug-likeness (QED) is 0.236. The summed E-state index contributed by atoms with van der Waals surface area (Å²) in [5.41, 5.74) is 2.74. The minimum Gasteiger partial charge on any atom is -0.339 e. The third-order valence-electron chi connectivity index (χ3n) is 4.85. The van der Waals surface area contributed by atoms with Gasteiger partial charge in [-0.15, -0.1) is 0 Å². The van der Waals surface area contributed by atoms with Gasteiger partial charge in [-0.2, -0.15) is 16.9 Å². The highest BCUT2D eigenvalue weighted by atomic mass is 32.2. The molecule has 0 aliphatic heterocycles. The maximum atomic E-state index is 12.8. The molecule has 1 atom stereocenters. The Morgan fingerprint density at radius 1 is 1.06 bits per heavy atom. The first-order valence-electron chi connectivity index (χ1n) is 10.9. The molecule has 35 heavy (non-hydrogen) atoms. The minimum absolute atomic E-state index is 0.188. The molecule has 0 saturated heterocycles. The average Bonchev–Trinajstić information content (AvgIpc) is 2.85. The summed E-state index contributed by atoms with van der Waals surface area (Å²) in [6.07, 6.45) is 2.61. The number of non-ortho nitro benzene ring substituents is 2. The molecule has 0 spiro atoms.